The monoisotopic (exact) mass is 483 g/mol. The van der Waals surface area contributed by atoms with E-state index >= 15 is 0 Å². The third-order valence-corrected chi connectivity index (χ3v) is 4.59. The van der Waals surface area contributed by atoms with Gasteiger partial charge in [0, 0.05) is 17.8 Å². The molecule has 0 atom stereocenters. The van der Waals surface area contributed by atoms with Crippen molar-refractivity contribution in [3.63, 3.8) is 0 Å². The van der Waals surface area contributed by atoms with Crippen molar-refractivity contribution in [1.29, 1.82) is 0 Å². The molecule has 32 heavy (non-hydrogen) atoms. The first-order valence-electron chi connectivity index (χ1n) is 9.88. The summed E-state index contributed by atoms with van der Waals surface area (Å²) < 4.78 is 16.1. The maximum Gasteiger partial charge on any atom is 0.407 e. The molecule has 2 amide bonds. The molecule has 0 saturated heterocycles. The summed E-state index contributed by atoms with van der Waals surface area (Å²) in [5, 5.41) is 6.07. The Hall–Kier alpha value is -2.68. The van der Waals surface area contributed by atoms with Gasteiger partial charge in [0.15, 0.2) is 0 Å². The van der Waals surface area contributed by atoms with Gasteiger partial charge < -0.3 is 30.6 Å². The van der Waals surface area contributed by atoms with Crippen LogP contribution in [0.2, 0.25) is 10.0 Å². The smallest absolute Gasteiger partial charge is 0.407 e. The fourth-order valence-corrected chi connectivity index (χ4v) is 2.75. The Bertz CT molecular complexity index is 948. The highest BCUT2D eigenvalue weighted by Crippen LogP contribution is 2.26. The van der Waals surface area contributed by atoms with E-state index in [-0.39, 0.29) is 12.5 Å². The number of amides is 2. The van der Waals surface area contributed by atoms with Crippen molar-refractivity contribution in [3.05, 3.63) is 52.0 Å². The van der Waals surface area contributed by atoms with E-state index in [4.69, 9.17) is 43.1 Å². The second-order valence-electron chi connectivity index (χ2n) is 7.73. The SMILES string of the molecule is CC(C)(C)OC(=O)NCCOCCOc1ccc(C(=O)Nc2ccc(Cl)c(Cl)c2)cc1N. The molecule has 2 aromatic carbocycles. The van der Waals surface area contributed by atoms with Gasteiger partial charge in [0.05, 0.1) is 28.9 Å². The molecule has 0 aliphatic rings. The zero-order valence-electron chi connectivity index (χ0n) is 18.2. The number of ether oxygens (including phenoxy) is 3. The molecule has 0 aliphatic carbocycles. The van der Waals surface area contributed by atoms with Crippen molar-refractivity contribution >= 4 is 46.6 Å². The maximum absolute atomic E-state index is 12.4. The lowest BCUT2D eigenvalue weighted by Gasteiger charge is -2.19. The van der Waals surface area contributed by atoms with Crippen LogP contribution in [0.3, 0.4) is 0 Å². The van der Waals surface area contributed by atoms with Gasteiger partial charge in [-0.1, -0.05) is 23.2 Å². The minimum Gasteiger partial charge on any atom is -0.489 e. The minimum absolute atomic E-state index is 0.255. The lowest BCUT2D eigenvalue weighted by Crippen LogP contribution is -2.34. The van der Waals surface area contributed by atoms with Crippen molar-refractivity contribution < 1.29 is 23.8 Å². The molecule has 2 rings (SSSR count). The Kier molecular flexibility index (Phi) is 9.43. The average Bonchev–Trinajstić information content (AvgIpc) is 2.69. The summed E-state index contributed by atoms with van der Waals surface area (Å²) in [5.41, 5.74) is 6.65. The van der Waals surface area contributed by atoms with Crippen molar-refractivity contribution in [3.8, 4) is 5.75 Å². The number of carbonyl (C=O) groups excluding carboxylic acids is 2. The Morgan fingerprint density at radius 3 is 2.41 bits per heavy atom. The second kappa shape index (κ2) is 11.8. The molecule has 0 unspecified atom stereocenters. The number of carbonyl (C=O) groups is 2. The van der Waals surface area contributed by atoms with Crippen LogP contribution in [-0.2, 0) is 9.47 Å². The molecule has 0 radical (unpaired) electrons. The average molecular weight is 484 g/mol. The summed E-state index contributed by atoms with van der Waals surface area (Å²) in [7, 11) is 0. The van der Waals surface area contributed by atoms with Crippen LogP contribution in [0, 0.1) is 0 Å². The van der Waals surface area contributed by atoms with Crippen LogP contribution in [0.4, 0.5) is 16.2 Å². The van der Waals surface area contributed by atoms with Crippen LogP contribution in [0.15, 0.2) is 36.4 Å². The number of nitrogen functional groups attached to an aromatic ring is 1. The fourth-order valence-electron chi connectivity index (χ4n) is 2.45. The third-order valence-electron chi connectivity index (χ3n) is 3.85. The molecular weight excluding hydrogens is 457 g/mol. The molecule has 8 nitrogen and oxygen atoms in total. The van der Waals surface area contributed by atoms with Crippen molar-refractivity contribution in [2.75, 3.05) is 37.4 Å². The molecule has 2 aromatic rings. The van der Waals surface area contributed by atoms with E-state index in [1.807, 2.05) is 0 Å². The van der Waals surface area contributed by atoms with Crippen LogP contribution in [0.5, 0.6) is 5.75 Å². The lowest BCUT2D eigenvalue weighted by atomic mass is 10.1. The van der Waals surface area contributed by atoms with E-state index in [0.717, 1.165) is 0 Å². The van der Waals surface area contributed by atoms with Crippen molar-refractivity contribution in [1.82, 2.24) is 5.32 Å². The van der Waals surface area contributed by atoms with Gasteiger partial charge in [-0.3, -0.25) is 4.79 Å². The van der Waals surface area contributed by atoms with Gasteiger partial charge in [0.1, 0.15) is 18.0 Å². The molecule has 0 spiro atoms. The lowest BCUT2D eigenvalue weighted by molar-refractivity contribution is 0.0489. The number of anilines is 2. The molecule has 0 bridgehead atoms. The molecular formula is C22H27Cl2N3O5. The predicted octanol–water partition coefficient (Wildman–Crippen LogP) is 4.75. The fraction of sp³-hybridized carbons (Fsp3) is 0.364. The van der Waals surface area contributed by atoms with E-state index < -0.39 is 11.7 Å². The highest BCUT2D eigenvalue weighted by molar-refractivity contribution is 6.42. The summed E-state index contributed by atoms with van der Waals surface area (Å²) in [5.74, 6) is 0.0917. The van der Waals surface area contributed by atoms with Crippen LogP contribution in [0.25, 0.3) is 0 Å². The topological polar surface area (TPSA) is 112 Å². The number of hydrogen-bond donors (Lipinski definition) is 3. The highest BCUT2D eigenvalue weighted by Gasteiger charge is 2.15. The van der Waals surface area contributed by atoms with Gasteiger partial charge >= 0.3 is 6.09 Å². The highest BCUT2D eigenvalue weighted by atomic mass is 35.5. The first-order valence-corrected chi connectivity index (χ1v) is 10.6. The molecule has 0 aromatic heterocycles. The molecule has 0 fully saturated rings. The zero-order chi connectivity index (χ0) is 23.7. The quantitative estimate of drug-likeness (QED) is 0.350. The van der Waals surface area contributed by atoms with Crippen LogP contribution in [-0.4, -0.2) is 44.0 Å². The predicted molar refractivity (Wildman–Crippen MR) is 126 cm³/mol. The first-order chi connectivity index (χ1) is 15.0. The maximum atomic E-state index is 12.4. The summed E-state index contributed by atoms with van der Waals surface area (Å²) in [4.78, 5) is 23.9. The Balaban J connectivity index is 1.72. The van der Waals surface area contributed by atoms with Crippen molar-refractivity contribution in [2.45, 2.75) is 26.4 Å². The van der Waals surface area contributed by atoms with E-state index in [9.17, 15) is 9.59 Å². The Morgan fingerprint density at radius 2 is 1.75 bits per heavy atom. The van der Waals surface area contributed by atoms with E-state index in [0.29, 0.717) is 52.5 Å². The largest absolute Gasteiger partial charge is 0.489 e. The number of halogens is 2. The van der Waals surface area contributed by atoms with Crippen LogP contribution < -0.4 is 21.1 Å². The molecule has 174 valence electrons. The van der Waals surface area contributed by atoms with Gasteiger partial charge in [-0.25, -0.2) is 4.79 Å². The number of nitrogens with two attached hydrogens (primary N) is 1. The Morgan fingerprint density at radius 1 is 1.00 bits per heavy atom. The minimum atomic E-state index is -0.543. The molecule has 0 saturated carbocycles. The van der Waals surface area contributed by atoms with E-state index in [1.54, 1.807) is 51.1 Å². The van der Waals surface area contributed by atoms with Gasteiger partial charge in [0.25, 0.3) is 5.91 Å². The number of hydrogen-bond acceptors (Lipinski definition) is 6. The molecule has 0 aliphatic heterocycles. The van der Waals surface area contributed by atoms with Crippen LogP contribution in [0.1, 0.15) is 31.1 Å². The number of nitrogens with one attached hydrogen (secondary N) is 2. The summed E-state index contributed by atoms with van der Waals surface area (Å²) in [6, 6.07) is 9.54. The normalized spacial score (nSPS) is 11.0. The third kappa shape index (κ3) is 8.82. The summed E-state index contributed by atoms with van der Waals surface area (Å²) in [6.07, 6.45) is -0.492. The van der Waals surface area contributed by atoms with E-state index in [2.05, 4.69) is 10.6 Å². The summed E-state index contributed by atoms with van der Waals surface area (Å²) in [6.45, 7) is 6.56. The van der Waals surface area contributed by atoms with Gasteiger partial charge in [0.2, 0.25) is 0 Å². The molecule has 0 heterocycles. The van der Waals surface area contributed by atoms with Gasteiger partial charge in [-0.05, 0) is 57.2 Å². The van der Waals surface area contributed by atoms with Crippen molar-refractivity contribution in [2.24, 2.45) is 0 Å². The Labute approximate surface area is 197 Å². The summed E-state index contributed by atoms with van der Waals surface area (Å²) >= 11 is 11.8. The van der Waals surface area contributed by atoms with Crippen LogP contribution >= 0.6 is 23.2 Å². The number of benzene rings is 2. The standard InChI is InChI=1S/C22H27Cl2N3O5/c1-22(2,3)32-21(29)26-8-9-30-10-11-31-19-7-4-14(12-18(19)25)20(28)27-15-5-6-16(23)17(24)13-15/h4-7,12-13H,8-11,25H2,1-3H3,(H,26,29)(H,27,28). The van der Waals surface area contributed by atoms with Gasteiger partial charge in [-0.2, -0.15) is 0 Å². The first kappa shape index (κ1) is 25.6. The molecule has 10 heteroatoms. The number of rotatable bonds is 9. The second-order valence-corrected chi connectivity index (χ2v) is 8.54. The van der Waals surface area contributed by atoms with Gasteiger partial charge in [-0.15, -0.1) is 0 Å². The number of alkyl carbamates (subject to hydrolysis) is 1. The van der Waals surface area contributed by atoms with E-state index in [1.165, 1.54) is 6.07 Å². The molecule has 4 N–H and O–H groups in total. The zero-order valence-corrected chi connectivity index (χ0v) is 19.7.